The van der Waals surface area contributed by atoms with E-state index in [9.17, 15) is 19.8 Å². The Morgan fingerprint density at radius 2 is 1.55 bits per heavy atom. The molecule has 0 amide bonds. The van der Waals surface area contributed by atoms with Crippen molar-refractivity contribution in [1.29, 1.82) is 0 Å². The molecule has 5 rings (SSSR count). The lowest BCUT2D eigenvalue weighted by Gasteiger charge is -2.51. The number of aromatic nitrogens is 2. The summed E-state index contributed by atoms with van der Waals surface area (Å²) in [5.41, 5.74) is -2.97. The van der Waals surface area contributed by atoms with Crippen LogP contribution < -0.4 is 16.0 Å². The van der Waals surface area contributed by atoms with Gasteiger partial charge in [0, 0.05) is 12.3 Å². The van der Waals surface area contributed by atoms with Crippen LogP contribution in [0.5, 0.6) is 5.75 Å². The van der Waals surface area contributed by atoms with Crippen LogP contribution in [0.1, 0.15) is 16.7 Å². The number of aliphatic hydroxyl groups is 2. The van der Waals surface area contributed by atoms with Gasteiger partial charge >= 0.3 is 5.69 Å². The number of rotatable bonds is 9. The van der Waals surface area contributed by atoms with E-state index in [0.717, 1.165) is 0 Å². The molecule has 10 nitrogen and oxygen atoms in total. The molecular weight excluding hydrogens is 516 g/mol. The monoisotopic (exact) mass is 546 g/mol. The van der Waals surface area contributed by atoms with Crippen LogP contribution in [0.4, 0.5) is 0 Å². The number of hydrogen-bond donors (Lipinski definition) is 3. The van der Waals surface area contributed by atoms with Crippen molar-refractivity contribution in [3.8, 4) is 5.75 Å². The Kier molecular flexibility index (Phi) is 7.70. The maximum atomic E-state index is 13.7. The lowest BCUT2D eigenvalue weighted by Crippen LogP contribution is -2.65. The highest BCUT2D eigenvalue weighted by Crippen LogP contribution is 2.57. The predicted octanol–water partition coefficient (Wildman–Crippen LogP) is 1.93. The molecule has 0 radical (unpaired) electrons. The van der Waals surface area contributed by atoms with E-state index in [-0.39, 0.29) is 0 Å². The van der Waals surface area contributed by atoms with E-state index in [4.69, 9.17) is 19.2 Å². The normalized spacial score (nSPS) is 22.8. The Morgan fingerprint density at radius 3 is 2.10 bits per heavy atom. The number of nitrogens with one attached hydrogen (secondary N) is 1. The van der Waals surface area contributed by atoms with E-state index < -0.39 is 47.3 Å². The number of aromatic amines is 1. The van der Waals surface area contributed by atoms with Gasteiger partial charge in [-0.05, 0) is 28.8 Å². The van der Waals surface area contributed by atoms with Crippen molar-refractivity contribution in [2.24, 2.45) is 0 Å². The van der Waals surface area contributed by atoms with E-state index in [0.29, 0.717) is 22.4 Å². The molecule has 4 atom stereocenters. The zero-order valence-corrected chi connectivity index (χ0v) is 22.0. The zero-order valence-electron chi connectivity index (χ0n) is 22.0. The number of methoxy groups -OCH3 is 1. The van der Waals surface area contributed by atoms with Crippen LogP contribution in [0.3, 0.4) is 0 Å². The summed E-state index contributed by atoms with van der Waals surface area (Å²) in [5, 5.41) is 21.9. The summed E-state index contributed by atoms with van der Waals surface area (Å²) in [7, 11) is 2.82. The first-order valence-corrected chi connectivity index (χ1v) is 12.7. The van der Waals surface area contributed by atoms with Gasteiger partial charge in [-0.15, -0.1) is 0 Å². The number of nitrogens with zero attached hydrogens (tertiary/aromatic N) is 1. The summed E-state index contributed by atoms with van der Waals surface area (Å²) in [6.45, 7) is -0.595. The summed E-state index contributed by atoms with van der Waals surface area (Å²) in [5.74, 6) is 0.527. The Morgan fingerprint density at radius 1 is 0.925 bits per heavy atom. The van der Waals surface area contributed by atoms with Crippen LogP contribution in [0.15, 0.2) is 107 Å². The lowest BCUT2D eigenvalue weighted by molar-refractivity contribution is -0.352. The third-order valence-corrected chi connectivity index (χ3v) is 7.42. The molecule has 0 aliphatic carbocycles. The van der Waals surface area contributed by atoms with E-state index in [2.05, 4.69) is 4.98 Å². The van der Waals surface area contributed by atoms with Crippen LogP contribution in [0.25, 0.3) is 0 Å². The molecule has 1 fully saturated rings. The standard InChI is InChI=1S/C30H30N2O8/c1-37-23-15-9-14-22(18-23)29(20-10-5-3-6-11-20,21-12-7-4-8-13-21)30(32-17-16-25(34)31-28(32)36)27(40-38-2)26(35)24(19-33)39-30/h3-18,24,26-27,33,35H,19H2,1-2H3,(H,31,34,36)/t24-,26-,27-,30+/m1/s1. The quantitative estimate of drug-likeness (QED) is 0.165. The molecule has 1 aliphatic rings. The number of H-pyrrole nitrogens is 1. The Hall–Kier alpha value is -4.06. The third-order valence-electron chi connectivity index (χ3n) is 7.42. The molecule has 0 bridgehead atoms. The van der Waals surface area contributed by atoms with Crippen LogP contribution in [-0.4, -0.2) is 58.9 Å². The van der Waals surface area contributed by atoms with Gasteiger partial charge in [0.1, 0.15) is 18.0 Å². The van der Waals surface area contributed by atoms with Gasteiger partial charge in [0.15, 0.2) is 11.8 Å². The molecule has 0 unspecified atom stereocenters. The Balaban J connectivity index is 2.06. The number of aliphatic hydroxyl groups excluding tert-OH is 2. The average Bonchev–Trinajstić information content (AvgIpc) is 3.26. The van der Waals surface area contributed by atoms with Crippen LogP contribution in [0.2, 0.25) is 0 Å². The maximum Gasteiger partial charge on any atom is 0.330 e. The van der Waals surface area contributed by atoms with Gasteiger partial charge in [0.05, 0.1) is 26.2 Å². The minimum atomic E-state index is -1.98. The second-order valence-corrected chi connectivity index (χ2v) is 9.40. The van der Waals surface area contributed by atoms with Gasteiger partial charge in [-0.3, -0.25) is 14.3 Å². The molecule has 208 valence electrons. The molecule has 3 aromatic carbocycles. The first kappa shape index (κ1) is 27.5. The summed E-state index contributed by atoms with van der Waals surface area (Å²) < 4.78 is 13.5. The first-order valence-electron chi connectivity index (χ1n) is 12.7. The molecule has 3 N–H and O–H groups in total. The highest BCUT2D eigenvalue weighted by Gasteiger charge is 2.70. The molecule has 1 saturated heterocycles. The second kappa shape index (κ2) is 11.2. The zero-order chi connectivity index (χ0) is 28.3. The molecule has 4 aromatic rings. The van der Waals surface area contributed by atoms with Gasteiger partial charge in [-0.25, -0.2) is 14.6 Å². The molecule has 1 aromatic heterocycles. The first-order chi connectivity index (χ1) is 19.4. The topological polar surface area (TPSA) is 132 Å². The van der Waals surface area contributed by atoms with E-state index >= 15 is 0 Å². The van der Waals surface area contributed by atoms with E-state index in [1.807, 2.05) is 72.8 Å². The SMILES string of the molecule is COO[C@@H]1[C@H](O)[C@@H](CO)O[C@]1(n1ccc(=O)[nH]c1=O)C(c1ccccc1)(c1ccccc1)c1cccc(OC)c1. The Bertz CT molecular complexity index is 1520. The fourth-order valence-corrected chi connectivity index (χ4v) is 5.87. The second-order valence-electron chi connectivity index (χ2n) is 9.40. The van der Waals surface area contributed by atoms with Crippen LogP contribution >= 0.6 is 0 Å². The summed E-state index contributed by atoms with van der Waals surface area (Å²) in [6, 6.07) is 27.0. The van der Waals surface area contributed by atoms with Crippen molar-refractivity contribution in [3.63, 3.8) is 0 Å². The third kappa shape index (κ3) is 4.17. The van der Waals surface area contributed by atoms with E-state index in [1.54, 1.807) is 19.2 Å². The molecular formula is C30H30N2O8. The van der Waals surface area contributed by atoms with Crippen LogP contribution in [-0.2, 0) is 25.7 Å². The van der Waals surface area contributed by atoms with E-state index in [1.165, 1.54) is 23.9 Å². The predicted molar refractivity (Wildman–Crippen MR) is 145 cm³/mol. The number of benzene rings is 3. The average molecular weight is 547 g/mol. The van der Waals surface area contributed by atoms with Gasteiger partial charge < -0.3 is 19.7 Å². The smallest absolute Gasteiger partial charge is 0.330 e. The largest absolute Gasteiger partial charge is 0.497 e. The molecule has 2 heterocycles. The van der Waals surface area contributed by atoms with Crippen molar-refractivity contribution in [2.75, 3.05) is 20.8 Å². The van der Waals surface area contributed by atoms with Crippen molar-refractivity contribution in [1.82, 2.24) is 9.55 Å². The molecule has 0 saturated carbocycles. The van der Waals surface area contributed by atoms with Crippen LogP contribution in [0, 0.1) is 0 Å². The van der Waals surface area contributed by atoms with Crippen molar-refractivity contribution in [3.05, 3.63) is 135 Å². The van der Waals surface area contributed by atoms with Crippen molar-refractivity contribution < 1.29 is 29.5 Å². The summed E-state index contributed by atoms with van der Waals surface area (Å²) >= 11 is 0. The fourth-order valence-electron chi connectivity index (χ4n) is 5.87. The number of ether oxygens (including phenoxy) is 2. The van der Waals surface area contributed by atoms with Crippen molar-refractivity contribution >= 4 is 0 Å². The van der Waals surface area contributed by atoms with Gasteiger partial charge in [0.2, 0.25) is 0 Å². The highest BCUT2D eigenvalue weighted by atomic mass is 17.2. The lowest BCUT2D eigenvalue weighted by atomic mass is 9.60. The van der Waals surface area contributed by atoms with Gasteiger partial charge in [0.25, 0.3) is 5.56 Å². The molecule has 10 heteroatoms. The summed E-state index contributed by atoms with van der Waals surface area (Å²) in [6.07, 6.45) is -2.76. The minimum Gasteiger partial charge on any atom is -0.497 e. The maximum absolute atomic E-state index is 13.7. The molecule has 40 heavy (non-hydrogen) atoms. The number of hydrogen-bond acceptors (Lipinski definition) is 8. The van der Waals surface area contributed by atoms with Gasteiger partial charge in [-0.1, -0.05) is 72.8 Å². The summed E-state index contributed by atoms with van der Waals surface area (Å²) in [4.78, 5) is 39.1. The Labute approximate surface area is 229 Å². The highest BCUT2D eigenvalue weighted by molar-refractivity contribution is 5.56. The minimum absolute atomic E-state index is 0.527. The van der Waals surface area contributed by atoms with Crippen molar-refractivity contribution in [2.45, 2.75) is 29.5 Å². The van der Waals surface area contributed by atoms with Gasteiger partial charge in [-0.2, -0.15) is 0 Å². The molecule has 0 spiro atoms. The fraction of sp³-hybridized carbons (Fsp3) is 0.267. The molecule has 1 aliphatic heterocycles.